The Morgan fingerprint density at radius 3 is 2.11 bits per heavy atom. The highest BCUT2D eigenvalue weighted by Crippen LogP contribution is 2.09. The van der Waals surface area contributed by atoms with Crippen molar-refractivity contribution < 1.29 is 0 Å². The molecule has 0 N–H and O–H groups in total. The standard InChI is InChI=1S/C16H15ClSi/c1-18(2,16-6-4-3-5-7-16)13-12-14-8-10-15(17)11-9-14/h3-11H,1-2H3. The van der Waals surface area contributed by atoms with Crippen LogP contribution in [-0.4, -0.2) is 8.07 Å². The average Bonchev–Trinajstić information content (AvgIpc) is 2.39. The summed E-state index contributed by atoms with van der Waals surface area (Å²) in [4.78, 5) is 0. The van der Waals surface area contributed by atoms with E-state index in [9.17, 15) is 0 Å². The summed E-state index contributed by atoms with van der Waals surface area (Å²) < 4.78 is 0. The van der Waals surface area contributed by atoms with Crippen LogP contribution >= 0.6 is 11.6 Å². The molecule has 0 amide bonds. The van der Waals surface area contributed by atoms with Gasteiger partial charge in [0, 0.05) is 10.6 Å². The summed E-state index contributed by atoms with van der Waals surface area (Å²) in [6.07, 6.45) is 0. The smallest absolute Gasteiger partial charge is 0.121 e. The fourth-order valence-corrected chi connectivity index (χ4v) is 3.44. The maximum atomic E-state index is 5.86. The predicted molar refractivity (Wildman–Crippen MR) is 81.9 cm³/mol. The van der Waals surface area contributed by atoms with Gasteiger partial charge in [0.05, 0.1) is 0 Å². The van der Waals surface area contributed by atoms with E-state index in [4.69, 9.17) is 11.6 Å². The van der Waals surface area contributed by atoms with Gasteiger partial charge in [-0.15, -0.1) is 5.54 Å². The first-order valence-electron chi connectivity index (χ1n) is 5.92. The van der Waals surface area contributed by atoms with E-state index in [0.29, 0.717) is 0 Å². The molecule has 0 aliphatic carbocycles. The summed E-state index contributed by atoms with van der Waals surface area (Å²) in [7, 11) is -1.67. The third kappa shape index (κ3) is 3.26. The molecule has 0 radical (unpaired) electrons. The fraction of sp³-hybridized carbons (Fsp3) is 0.125. The van der Waals surface area contributed by atoms with Crippen molar-refractivity contribution in [3.8, 4) is 11.5 Å². The molecule has 90 valence electrons. The quantitative estimate of drug-likeness (QED) is 0.546. The van der Waals surface area contributed by atoms with Crippen molar-refractivity contribution in [1.29, 1.82) is 0 Å². The first-order valence-corrected chi connectivity index (χ1v) is 9.30. The molecule has 0 heterocycles. The van der Waals surface area contributed by atoms with Crippen molar-refractivity contribution >= 4 is 24.9 Å². The molecular weight excluding hydrogens is 256 g/mol. The molecule has 0 fully saturated rings. The third-order valence-electron chi connectivity index (χ3n) is 2.86. The van der Waals surface area contributed by atoms with E-state index in [-0.39, 0.29) is 0 Å². The number of hydrogen-bond acceptors (Lipinski definition) is 0. The lowest BCUT2D eigenvalue weighted by molar-refractivity contribution is 1.65. The summed E-state index contributed by atoms with van der Waals surface area (Å²) >= 11 is 5.86. The van der Waals surface area contributed by atoms with Crippen molar-refractivity contribution in [3.63, 3.8) is 0 Å². The first-order chi connectivity index (χ1) is 8.58. The van der Waals surface area contributed by atoms with Gasteiger partial charge in [0.25, 0.3) is 0 Å². The molecule has 2 aromatic rings. The lowest BCUT2D eigenvalue weighted by Gasteiger charge is -2.14. The monoisotopic (exact) mass is 270 g/mol. The summed E-state index contributed by atoms with van der Waals surface area (Å²) in [6.45, 7) is 4.54. The fourth-order valence-electron chi connectivity index (χ4n) is 1.69. The molecule has 0 aromatic heterocycles. The lowest BCUT2D eigenvalue weighted by Crippen LogP contribution is -2.39. The molecule has 0 aliphatic rings. The largest absolute Gasteiger partial charge is 0.163 e. The maximum Gasteiger partial charge on any atom is 0.163 e. The van der Waals surface area contributed by atoms with E-state index in [2.05, 4.69) is 48.8 Å². The van der Waals surface area contributed by atoms with Crippen LogP contribution in [0.25, 0.3) is 0 Å². The average molecular weight is 271 g/mol. The minimum absolute atomic E-state index is 0.750. The van der Waals surface area contributed by atoms with Crippen molar-refractivity contribution in [2.75, 3.05) is 0 Å². The Morgan fingerprint density at radius 2 is 1.50 bits per heavy atom. The molecule has 18 heavy (non-hydrogen) atoms. The van der Waals surface area contributed by atoms with Crippen LogP contribution in [0.1, 0.15) is 5.56 Å². The zero-order valence-electron chi connectivity index (χ0n) is 10.6. The van der Waals surface area contributed by atoms with Crippen molar-refractivity contribution in [2.24, 2.45) is 0 Å². The molecule has 2 rings (SSSR count). The maximum absolute atomic E-state index is 5.86. The van der Waals surface area contributed by atoms with E-state index in [1.807, 2.05) is 30.3 Å². The molecule has 0 spiro atoms. The molecule has 0 nitrogen and oxygen atoms in total. The Kier molecular flexibility index (Phi) is 3.91. The van der Waals surface area contributed by atoms with Crippen LogP contribution in [-0.2, 0) is 0 Å². The zero-order valence-corrected chi connectivity index (χ0v) is 12.3. The molecule has 0 bridgehead atoms. The van der Waals surface area contributed by atoms with E-state index >= 15 is 0 Å². The number of hydrogen-bond donors (Lipinski definition) is 0. The topological polar surface area (TPSA) is 0 Å². The van der Waals surface area contributed by atoms with Gasteiger partial charge < -0.3 is 0 Å². The van der Waals surface area contributed by atoms with Crippen molar-refractivity contribution in [3.05, 3.63) is 65.2 Å². The van der Waals surface area contributed by atoms with Gasteiger partial charge in [-0.1, -0.05) is 60.9 Å². The molecule has 0 aliphatic heterocycles. The molecule has 0 saturated carbocycles. The zero-order chi connectivity index (χ0) is 13.0. The minimum atomic E-state index is -1.67. The van der Waals surface area contributed by atoms with E-state index in [0.717, 1.165) is 10.6 Å². The molecular formula is C16H15ClSi. The number of benzene rings is 2. The lowest BCUT2D eigenvalue weighted by atomic mass is 10.2. The van der Waals surface area contributed by atoms with Crippen molar-refractivity contribution in [2.45, 2.75) is 13.1 Å². The van der Waals surface area contributed by atoms with Crippen LogP contribution in [0.15, 0.2) is 54.6 Å². The SMILES string of the molecule is C[Si](C)(C#Cc1ccc(Cl)cc1)c1ccccc1. The van der Waals surface area contributed by atoms with Crippen molar-refractivity contribution in [1.82, 2.24) is 0 Å². The highest BCUT2D eigenvalue weighted by atomic mass is 35.5. The van der Waals surface area contributed by atoms with Crippen LogP contribution in [0.2, 0.25) is 18.1 Å². The number of rotatable bonds is 1. The van der Waals surface area contributed by atoms with E-state index < -0.39 is 8.07 Å². The highest BCUT2D eigenvalue weighted by molar-refractivity contribution is 6.96. The van der Waals surface area contributed by atoms with Crippen LogP contribution in [0.3, 0.4) is 0 Å². The highest BCUT2D eigenvalue weighted by Gasteiger charge is 2.20. The molecule has 0 unspecified atom stereocenters. The second-order valence-electron chi connectivity index (χ2n) is 4.75. The molecule has 2 aromatic carbocycles. The first kappa shape index (κ1) is 13.0. The van der Waals surface area contributed by atoms with E-state index in [1.54, 1.807) is 0 Å². The van der Waals surface area contributed by atoms with E-state index in [1.165, 1.54) is 5.19 Å². The summed E-state index contributed by atoms with van der Waals surface area (Å²) in [5.74, 6) is 3.26. The Bertz CT molecular complexity index is 574. The third-order valence-corrected chi connectivity index (χ3v) is 5.64. The van der Waals surface area contributed by atoms with Crippen LogP contribution < -0.4 is 5.19 Å². The van der Waals surface area contributed by atoms with Gasteiger partial charge in [-0.3, -0.25) is 0 Å². The minimum Gasteiger partial charge on any atom is -0.121 e. The van der Waals surface area contributed by atoms with Crippen LogP contribution in [0.4, 0.5) is 0 Å². The summed E-state index contributed by atoms with van der Waals surface area (Å²) in [5, 5.41) is 2.12. The second-order valence-corrected chi connectivity index (χ2v) is 9.26. The predicted octanol–water partition coefficient (Wildman–Crippen LogP) is 3.85. The molecule has 2 heteroatoms. The van der Waals surface area contributed by atoms with Gasteiger partial charge in [0.15, 0.2) is 8.07 Å². The second kappa shape index (κ2) is 5.43. The molecule has 0 saturated heterocycles. The van der Waals surface area contributed by atoms with Gasteiger partial charge in [-0.2, -0.15) is 0 Å². The normalized spacial score (nSPS) is 10.6. The van der Waals surface area contributed by atoms with Crippen LogP contribution in [0.5, 0.6) is 0 Å². The Morgan fingerprint density at radius 1 is 0.889 bits per heavy atom. The summed E-state index contributed by atoms with van der Waals surface area (Å²) in [5.41, 5.74) is 4.48. The Labute approximate surface area is 115 Å². The van der Waals surface area contributed by atoms with Gasteiger partial charge in [0.2, 0.25) is 0 Å². The number of halogens is 1. The molecule has 0 atom stereocenters. The van der Waals surface area contributed by atoms with Gasteiger partial charge in [0.1, 0.15) is 0 Å². The van der Waals surface area contributed by atoms with Gasteiger partial charge in [-0.05, 0) is 29.5 Å². The summed E-state index contributed by atoms with van der Waals surface area (Å²) in [6, 6.07) is 18.2. The van der Waals surface area contributed by atoms with Crippen LogP contribution in [0, 0.1) is 11.5 Å². The Balaban J connectivity index is 2.26. The van der Waals surface area contributed by atoms with Gasteiger partial charge >= 0.3 is 0 Å². The Hall–Kier alpha value is -1.49. The van der Waals surface area contributed by atoms with Gasteiger partial charge in [-0.25, -0.2) is 0 Å².